The molecule has 242 valence electrons. The molecule has 0 bridgehead atoms. The number of carbonyl (C=O) groups is 4. The van der Waals surface area contributed by atoms with Crippen molar-refractivity contribution in [3.8, 4) is 0 Å². The van der Waals surface area contributed by atoms with Crippen molar-refractivity contribution in [3.05, 3.63) is 35.9 Å². The predicted molar refractivity (Wildman–Crippen MR) is 162 cm³/mol. The first-order valence-corrected chi connectivity index (χ1v) is 15.2. The molecule has 0 saturated heterocycles. The Kier molecular flexibility index (Phi) is 15.3. The fourth-order valence-electron chi connectivity index (χ4n) is 5.34. The minimum absolute atomic E-state index is 0.00187. The van der Waals surface area contributed by atoms with Crippen LogP contribution in [0.15, 0.2) is 30.3 Å². The molecule has 5 N–H and O–H groups in total. The Labute approximate surface area is 255 Å². The highest BCUT2D eigenvalue weighted by atomic mass is 16.5. The van der Waals surface area contributed by atoms with Crippen molar-refractivity contribution in [2.45, 2.75) is 97.0 Å². The van der Waals surface area contributed by atoms with E-state index < -0.39 is 48.2 Å². The molecule has 12 nitrogen and oxygen atoms in total. The largest absolute Gasteiger partial charge is 0.453 e. The molecule has 1 aliphatic rings. The van der Waals surface area contributed by atoms with E-state index in [1.54, 1.807) is 18.9 Å². The predicted octanol–water partition coefficient (Wildman–Crippen LogP) is 3.10. The van der Waals surface area contributed by atoms with Gasteiger partial charge in [0.25, 0.3) is 5.91 Å². The topological polar surface area (TPSA) is 158 Å². The van der Waals surface area contributed by atoms with Crippen LogP contribution in [0.5, 0.6) is 0 Å². The van der Waals surface area contributed by atoms with Crippen LogP contribution in [-0.4, -0.2) is 79.1 Å². The molecule has 0 aliphatic heterocycles. The van der Waals surface area contributed by atoms with E-state index in [0.717, 1.165) is 31.2 Å². The summed E-state index contributed by atoms with van der Waals surface area (Å²) in [5.74, 6) is -1.02. The van der Waals surface area contributed by atoms with E-state index >= 15 is 0 Å². The molecule has 1 fully saturated rings. The molecule has 43 heavy (non-hydrogen) atoms. The number of carbonyl (C=O) groups excluding carboxylic acids is 4. The zero-order chi connectivity index (χ0) is 31.9. The summed E-state index contributed by atoms with van der Waals surface area (Å²) in [6.07, 6.45) is 3.43. The number of nitrogens with one attached hydrogen (secondary N) is 4. The number of hydrogen-bond donors (Lipinski definition) is 5. The number of benzene rings is 1. The van der Waals surface area contributed by atoms with Gasteiger partial charge >= 0.3 is 12.2 Å². The van der Waals surface area contributed by atoms with Gasteiger partial charge in [-0.2, -0.15) is 0 Å². The Morgan fingerprint density at radius 2 is 1.37 bits per heavy atom. The molecule has 4 atom stereocenters. The van der Waals surface area contributed by atoms with Crippen LogP contribution in [0.4, 0.5) is 9.59 Å². The fourth-order valence-corrected chi connectivity index (χ4v) is 5.34. The maximum Gasteiger partial charge on any atom is 0.407 e. The summed E-state index contributed by atoms with van der Waals surface area (Å²) in [5, 5.41) is 21.4. The van der Waals surface area contributed by atoms with E-state index in [4.69, 9.17) is 9.47 Å². The second kappa shape index (κ2) is 18.3. The summed E-state index contributed by atoms with van der Waals surface area (Å²) in [7, 11) is 2.47. The lowest BCUT2D eigenvalue weighted by Gasteiger charge is -2.35. The van der Waals surface area contributed by atoms with Gasteiger partial charge in [0.2, 0.25) is 5.91 Å². The lowest BCUT2D eigenvalue weighted by atomic mass is 9.83. The van der Waals surface area contributed by atoms with Crippen molar-refractivity contribution in [1.82, 2.24) is 26.4 Å². The number of rotatable bonds is 15. The number of aliphatic hydroxyl groups is 1. The SMILES string of the molecule is COC(=O)N[C@H](C(=O)N[C@@H](CC1CCCCC1)[C@@H](O)CN(Cc1ccccc1)NC(=O)[C@@H](NC(=O)OC)C(C)C)C(C)C. The first-order chi connectivity index (χ1) is 20.4. The summed E-state index contributed by atoms with van der Waals surface area (Å²) < 4.78 is 9.40. The number of methoxy groups -OCH3 is 2. The Morgan fingerprint density at radius 3 is 1.88 bits per heavy atom. The Hall–Kier alpha value is -3.38. The van der Waals surface area contributed by atoms with Crippen LogP contribution < -0.4 is 21.4 Å². The Morgan fingerprint density at radius 1 is 0.837 bits per heavy atom. The third kappa shape index (κ3) is 12.4. The normalized spacial score (nSPS) is 16.6. The molecular formula is C31H51N5O7. The summed E-state index contributed by atoms with van der Waals surface area (Å²) in [4.78, 5) is 50.6. The van der Waals surface area contributed by atoms with Gasteiger partial charge in [-0.3, -0.25) is 15.0 Å². The number of hydrogen-bond acceptors (Lipinski definition) is 8. The van der Waals surface area contributed by atoms with Gasteiger partial charge in [0.1, 0.15) is 12.1 Å². The van der Waals surface area contributed by atoms with Crippen LogP contribution in [0.2, 0.25) is 0 Å². The third-order valence-electron chi connectivity index (χ3n) is 7.81. The van der Waals surface area contributed by atoms with Gasteiger partial charge in [-0.05, 0) is 29.7 Å². The number of alkyl carbamates (subject to hydrolysis) is 2. The summed E-state index contributed by atoms with van der Waals surface area (Å²) in [6.45, 7) is 7.52. The van der Waals surface area contributed by atoms with E-state index in [0.29, 0.717) is 12.3 Å². The fraction of sp³-hybridized carbons (Fsp3) is 0.677. The van der Waals surface area contributed by atoms with Gasteiger partial charge in [0.05, 0.1) is 26.4 Å². The van der Waals surface area contributed by atoms with E-state index in [1.165, 1.54) is 20.6 Å². The molecule has 0 unspecified atom stereocenters. The van der Waals surface area contributed by atoms with Gasteiger partial charge in [-0.1, -0.05) is 90.1 Å². The standard InChI is InChI=1S/C31H51N5O7/c1-20(2)26(33-30(40)42-5)28(38)32-24(17-22-13-9-7-10-14-22)25(37)19-36(18-23-15-11-8-12-16-23)35-29(39)27(21(3)4)34-31(41)43-6/h8,11-12,15-16,20-22,24-27,37H,7,9-10,13-14,17-19H2,1-6H3,(H,32,38)(H,33,40)(H,34,41)(H,35,39)/t24-,25-,26-,27-/m0/s1. The third-order valence-corrected chi connectivity index (χ3v) is 7.81. The molecular weight excluding hydrogens is 554 g/mol. The van der Waals surface area contributed by atoms with Crippen LogP contribution in [0, 0.1) is 17.8 Å². The molecule has 12 heteroatoms. The lowest BCUT2D eigenvalue weighted by molar-refractivity contribution is -0.131. The molecule has 1 aromatic carbocycles. The minimum atomic E-state index is -1.06. The second-order valence-electron chi connectivity index (χ2n) is 12.0. The molecule has 0 radical (unpaired) electrons. The maximum atomic E-state index is 13.4. The van der Waals surface area contributed by atoms with E-state index in [-0.39, 0.29) is 24.9 Å². The Balaban J connectivity index is 2.30. The summed E-state index contributed by atoms with van der Waals surface area (Å²) in [6, 6.07) is 7.10. The average Bonchev–Trinajstić information content (AvgIpc) is 2.98. The van der Waals surface area contributed by atoms with Crippen molar-refractivity contribution >= 4 is 24.0 Å². The van der Waals surface area contributed by atoms with Gasteiger partial charge in [-0.25, -0.2) is 14.6 Å². The van der Waals surface area contributed by atoms with E-state index in [1.807, 2.05) is 44.2 Å². The van der Waals surface area contributed by atoms with Crippen molar-refractivity contribution in [3.63, 3.8) is 0 Å². The molecule has 1 aliphatic carbocycles. The van der Waals surface area contributed by atoms with Crippen molar-refractivity contribution in [2.75, 3.05) is 20.8 Å². The number of nitrogens with zero attached hydrogens (tertiary/aromatic N) is 1. The smallest absolute Gasteiger partial charge is 0.407 e. The number of hydrazine groups is 1. The number of ether oxygens (including phenoxy) is 2. The highest BCUT2D eigenvalue weighted by Crippen LogP contribution is 2.28. The van der Waals surface area contributed by atoms with Gasteiger partial charge in [-0.15, -0.1) is 0 Å². The van der Waals surface area contributed by atoms with Crippen molar-refractivity contribution in [1.29, 1.82) is 0 Å². The molecule has 4 amide bonds. The molecule has 0 aromatic heterocycles. The first kappa shape index (κ1) is 35.8. The van der Waals surface area contributed by atoms with Gasteiger partial charge < -0.3 is 30.5 Å². The van der Waals surface area contributed by atoms with Crippen LogP contribution in [0.1, 0.15) is 71.8 Å². The zero-order valence-corrected chi connectivity index (χ0v) is 26.4. The molecule has 0 heterocycles. The number of amides is 4. The van der Waals surface area contributed by atoms with Gasteiger partial charge in [0.15, 0.2) is 0 Å². The molecule has 2 rings (SSSR count). The molecule has 1 aromatic rings. The van der Waals surface area contributed by atoms with E-state index in [2.05, 4.69) is 21.4 Å². The van der Waals surface area contributed by atoms with Gasteiger partial charge in [0, 0.05) is 13.1 Å². The highest BCUT2D eigenvalue weighted by Gasteiger charge is 2.33. The number of aliphatic hydroxyl groups excluding tert-OH is 1. The van der Waals surface area contributed by atoms with E-state index in [9.17, 15) is 24.3 Å². The zero-order valence-electron chi connectivity index (χ0n) is 26.4. The highest BCUT2D eigenvalue weighted by molar-refractivity contribution is 5.86. The van der Waals surface area contributed by atoms with Crippen LogP contribution in [0.25, 0.3) is 0 Å². The first-order valence-electron chi connectivity index (χ1n) is 15.2. The second-order valence-corrected chi connectivity index (χ2v) is 12.0. The summed E-state index contributed by atoms with van der Waals surface area (Å²) >= 11 is 0. The minimum Gasteiger partial charge on any atom is -0.453 e. The maximum absolute atomic E-state index is 13.4. The monoisotopic (exact) mass is 605 g/mol. The lowest BCUT2D eigenvalue weighted by Crippen LogP contribution is -2.59. The van der Waals surface area contributed by atoms with Crippen LogP contribution in [-0.2, 0) is 25.6 Å². The summed E-state index contributed by atoms with van der Waals surface area (Å²) in [5.41, 5.74) is 3.77. The quantitative estimate of drug-likeness (QED) is 0.191. The average molecular weight is 606 g/mol. The molecule has 1 saturated carbocycles. The molecule has 0 spiro atoms. The Bertz CT molecular complexity index is 1020. The van der Waals surface area contributed by atoms with Crippen molar-refractivity contribution in [2.24, 2.45) is 17.8 Å². The van der Waals surface area contributed by atoms with Crippen molar-refractivity contribution < 1.29 is 33.8 Å². The van der Waals surface area contributed by atoms with Crippen LogP contribution >= 0.6 is 0 Å². The van der Waals surface area contributed by atoms with Crippen LogP contribution in [0.3, 0.4) is 0 Å².